The van der Waals surface area contributed by atoms with Crippen LogP contribution < -0.4 is 0 Å². The summed E-state index contributed by atoms with van der Waals surface area (Å²) in [4.78, 5) is 10.6. The molecule has 2 aromatic carbocycles. The zero-order valence-corrected chi connectivity index (χ0v) is 13.6. The highest BCUT2D eigenvalue weighted by Crippen LogP contribution is 2.21. The quantitative estimate of drug-likeness (QED) is 0.487. The summed E-state index contributed by atoms with van der Waals surface area (Å²) in [6, 6.07) is 13.9. The summed E-state index contributed by atoms with van der Waals surface area (Å²) < 4.78 is 5.76. The highest BCUT2D eigenvalue weighted by Gasteiger charge is 2.18. The van der Waals surface area contributed by atoms with Crippen molar-refractivity contribution >= 4 is 5.69 Å². The molecule has 0 bridgehead atoms. The molecular weight excluding hydrogens is 302 g/mol. The molecule has 4 nitrogen and oxygen atoms in total. The molecule has 120 valence electrons. The van der Waals surface area contributed by atoms with Crippen molar-refractivity contribution in [1.82, 2.24) is 0 Å². The van der Waals surface area contributed by atoms with Gasteiger partial charge in [0.25, 0.3) is 5.69 Å². The molecule has 4 heteroatoms. The van der Waals surface area contributed by atoms with E-state index < -0.39 is 10.5 Å². The molecular formula is C20H17NO3. The Labute approximate surface area is 141 Å². The minimum absolute atomic E-state index is 0.0473. The molecule has 0 aromatic heterocycles. The second-order valence-electron chi connectivity index (χ2n) is 5.66. The van der Waals surface area contributed by atoms with E-state index in [1.54, 1.807) is 18.2 Å². The Hall–Kier alpha value is -3.08. The largest absolute Gasteiger partial charge is 0.358 e. The maximum absolute atomic E-state index is 11.0. The molecule has 0 N–H and O–H groups in total. The number of ether oxygens (including phenoxy) is 1. The van der Waals surface area contributed by atoms with Crippen molar-refractivity contribution in [2.24, 2.45) is 0 Å². The Morgan fingerprint density at radius 3 is 2.38 bits per heavy atom. The standard InChI is InChI=1S/C20H17NO3/c1-4-16-9-11-17(12-10-16)13-14-20(2,3)24-15-18-7-5-6-8-19(18)21(22)23/h1,5-12H,15H2,2-3H3. The maximum Gasteiger partial charge on any atom is 0.274 e. The fourth-order valence-electron chi connectivity index (χ4n) is 1.98. The fourth-order valence-corrected chi connectivity index (χ4v) is 1.98. The summed E-state index contributed by atoms with van der Waals surface area (Å²) in [5, 5.41) is 11.0. The van der Waals surface area contributed by atoms with Crippen molar-refractivity contribution in [3.8, 4) is 24.2 Å². The van der Waals surface area contributed by atoms with Gasteiger partial charge in [0.1, 0.15) is 5.60 Å². The van der Waals surface area contributed by atoms with Crippen LogP contribution in [0.3, 0.4) is 0 Å². The molecule has 24 heavy (non-hydrogen) atoms. The third-order valence-corrected chi connectivity index (χ3v) is 3.34. The van der Waals surface area contributed by atoms with E-state index in [4.69, 9.17) is 11.2 Å². The molecule has 0 radical (unpaired) electrons. The second kappa shape index (κ2) is 7.46. The van der Waals surface area contributed by atoms with Crippen molar-refractivity contribution in [3.63, 3.8) is 0 Å². The number of nitro benzene ring substituents is 1. The van der Waals surface area contributed by atoms with Gasteiger partial charge in [-0.2, -0.15) is 0 Å². The van der Waals surface area contributed by atoms with Crippen LogP contribution in [0.5, 0.6) is 0 Å². The van der Waals surface area contributed by atoms with Crippen LogP contribution in [0, 0.1) is 34.3 Å². The van der Waals surface area contributed by atoms with Gasteiger partial charge in [-0.15, -0.1) is 6.42 Å². The summed E-state index contributed by atoms with van der Waals surface area (Å²) in [6.45, 7) is 3.77. The van der Waals surface area contributed by atoms with Crippen LogP contribution in [-0.2, 0) is 11.3 Å². The Morgan fingerprint density at radius 2 is 1.75 bits per heavy atom. The first-order chi connectivity index (χ1) is 11.4. The first-order valence-corrected chi connectivity index (χ1v) is 7.37. The maximum atomic E-state index is 11.0. The van der Waals surface area contributed by atoms with E-state index in [1.165, 1.54) is 6.07 Å². The second-order valence-corrected chi connectivity index (χ2v) is 5.66. The Balaban J connectivity index is 2.08. The fraction of sp³-hybridized carbons (Fsp3) is 0.200. The smallest absolute Gasteiger partial charge is 0.274 e. The van der Waals surface area contributed by atoms with Crippen LogP contribution in [0.1, 0.15) is 30.5 Å². The van der Waals surface area contributed by atoms with Gasteiger partial charge in [-0.25, -0.2) is 0 Å². The summed E-state index contributed by atoms with van der Waals surface area (Å²) in [5.74, 6) is 8.62. The lowest BCUT2D eigenvalue weighted by molar-refractivity contribution is -0.386. The van der Waals surface area contributed by atoms with Crippen LogP contribution >= 0.6 is 0 Å². The number of nitro groups is 1. The average Bonchev–Trinajstić information content (AvgIpc) is 2.59. The summed E-state index contributed by atoms with van der Waals surface area (Å²) in [5.41, 5.74) is 1.46. The van der Waals surface area contributed by atoms with Gasteiger partial charge in [0.15, 0.2) is 0 Å². The van der Waals surface area contributed by atoms with E-state index in [1.807, 2.05) is 38.1 Å². The molecule has 0 fully saturated rings. The van der Waals surface area contributed by atoms with E-state index >= 15 is 0 Å². The van der Waals surface area contributed by atoms with E-state index in [-0.39, 0.29) is 12.3 Å². The Kier molecular flexibility index (Phi) is 5.37. The predicted octanol–water partition coefficient (Wildman–Crippen LogP) is 3.92. The van der Waals surface area contributed by atoms with Crippen LogP contribution in [0.4, 0.5) is 5.69 Å². The predicted molar refractivity (Wildman–Crippen MR) is 93.2 cm³/mol. The Bertz CT molecular complexity index is 834. The lowest BCUT2D eigenvalue weighted by Gasteiger charge is -2.18. The summed E-state index contributed by atoms with van der Waals surface area (Å²) in [7, 11) is 0. The molecule has 0 saturated heterocycles. The van der Waals surface area contributed by atoms with Crippen molar-refractivity contribution in [2.45, 2.75) is 26.1 Å². The highest BCUT2D eigenvalue weighted by molar-refractivity contribution is 5.42. The van der Waals surface area contributed by atoms with Crippen molar-refractivity contribution in [3.05, 3.63) is 75.3 Å². The molecule has 0 spiro atoms. The van der Waals surface area contributed by atoms with Crippen LogP contribution in [0.25, 0.3) is 0 Å². The molecule has 0 atom stereocenters. The molecule has 0 aliphatic heterocycles. The lowest BCUT2D eigenvalue weighted by atomic mass is 10.1. The monoisotopic (exact) mass is 319 g/mol. The number of rotatable bonds is 4. The molecule has 0 saturated carbocycles. The summed E-state index contributed by atoms with van der Waals surface area (Å²) >= 11 is 0. The summed E-state index contributed by atoms with van der Waals surface area (Å²) in [6.07, 6.45) is 5.32. The number of terminal acetylenes is 1. The molecule has 0 heterocycles. The zero-order valence-electron chi connectivity index (χ0n) is 13.6. The first-order valence-electron chi connectivity index (χ1n) is 7.37. The van der Waals surface area contributed by atoms with Gasteiger partial charge in [0.2, 0.25) is 0 Å². The van der Waals surface area contributed by atoms with Gasteiger partial charge in [-0.1, -0.05) is 29.9 Å². The van der Waals surface area contributed by atoms with E-state index in [0.29, 0.717) is 5.56 Å². The number of hydrogen-bond donors (Lipinski definition) is 0. The third kappa shape index (κ3) is 4.71. The molecule has 0 aliphatic rings. The molecule has 0 aliphatic carbocycles. The minimum Gasteiger partial charge on any atom is -0.358 e. The molecule has 2 rings (SSSR count). The molecule has 2 aromatic rings. The van der Waals surface area contributed by atoms with Gasteiger partial charge in [0.05, 0.1) is 17.1 Å². The highest BCUT2D eigenvalue weighted by atomic mass is 16.6. The van der Waals surface area contributed by atoms with E-state index in [0.717, 1.165) is 11.1 Å². The minimum atomic E-state index is -0.742. The van der Waals surface area contributed by atoms with E-state index in [2.05, 4.69) is 17.8 Å². The van der Waals surface area contributed by atoms with Crippen LogP contribution in [0.2, 0.25) is 0 Å². The number of para-hydroxylation sites is 1. The Morgan fingerprint density at radius 1 is 1.12 bits per heavy atom. The third-order valence-electron chi connectivity index (χ3n) is 3.34. The van der Waals surface area contributed by atoms with Gasteiger partial charge >= 0.3 is 0 Å². The van der Waals surface area contributed by atoms with E-state index in [9.17, 15) is 10.1 Å². The number of benzene rings is 2. The number of nitrogens with zero attached hydrogens (tertiary/aromatic N) is 1. The average molecular weight is 319 g/mol. The zero-order chi connectivity index (χ0) is 17.6. The van der Waals surface area contributed by atoms with Crippen molar-refractivity contribution in [1.29, 1.82) is 0 Å². The van der Waals surface area contributed by atoms with Gasteiger partial charge in [-0.05, 0) is 44.2 Å². The van der Waals surface area contributed by atoms with Crippen LogP contribution in [-0.4, -0.2) is 10.5 Å². The molecule has 0 amide bonds. The normalized spacial score (nSPS) is 10.4. The van der Waals surface area contributed by atoms with Gasteiger partial charge < -0.3 is 4.74 Å². The van der Waals surface area contributed by atoms with Crippen molar-refractivity contribution in [2.75, 3.05) is 0 Å². The van der Waals surface area contributed by atoms with Gasteiger partial charge in [0, 0.05) is 17.2 Å². The van der Waals surface area contributed by atoms with Crippen molar-refractivity contribution < 1.29 is 9.66 Å². The topological polar surface area (TPSA) is 52.4 Å². The molecule has 0 unspecified atom stereocenters. The first kappa shape index (κ1) is 17.3. The van der Waals surface area contributed by atoms with Gasteiger partial charge in [-0.3, -0.25) is 10.1 Å². The van der Waals surface area contributed by atoms with Crippen LogP contribution in [0.15, 0.2) is 48.5 Å². The number of hydrogen-bond acceptors (Lipinski definition) is 3. The SMILES string of the molecule is C#Cc1ccc(C#CC(C)(C)OCc2ccccc2[N+](=O)[O-])cc1. The lowest BCUT2D eigenvalue weighted by Crippen LogP contribution is -2.22.